The Bertz CT molecular complexity index is 942. The Balaban J connectivity index is 2.12. The van der Waals surface area contributed by atoms with E-state index < -0.39 is 24.1 Å². The number of hydrogen-bond acceptors (Lipinski definition) is 3. The van der Waals surface area contributed by atoms with Gasteiger partial charge in [-0.05, 0) is 18.6 Å². The van der Waals surface area contributed by atoms with Crippen LogP contribution in [0.25, 0.3) is 16.7 Å². The van der Waals surface area contributed by atoms with Gasteiger partial charge in [-0.3, -0.25) is 4.79 Å². The highest BCUT2D eigenvalue weighted by Gasteiger charge is 2.36. The van der Waals surface area contributed by atoms with E-state index in [2.05, 4.69) is 15.1 Å². The average molecular weight is 336 g/mol. The van der Waals surface area contributed by atoms with Crippen LogP contribution in [0.5, 0.6) is 0 Å². The Hall–Kier alpha value is -2.64. The zero-order valence-corrected chi connectivity index (χ0v) is 13.1. The second-order valence-corrected chi connectivity index (χ2v) is 5.74. The highest BCUT2D eigenvalue weighted by Crippen LogP contribution is 2.28. The maximum atomic E-state index is 12.7. The lowest BCUT2D eigenvalue weighted by Gasteiger charge is -2.14. The summed E-state index contributed by atoms with van der Waals surface area (Å²) in [5, 5.41) is 4.41. The number of nitrogens with one attached hydrogen (secondary N) is 1. The lowest BCUT2D eigenvalue weighted by Crippen LogP contribution is -2.24. The second kappa shape index (κ2) is 5.77. The van der Waals surface area contributed by atoms with E-state index in [-0.39, 0.29) is 16.9 Å². The molecule has 3 aromatic rings. The fraction of sp³-hybridized carbons (Fsp3) is 0.312. The Morgan fingerprint density at radius 2 is 2.00 bits per heavy atom. The van der Waals surface area contributed by atoms with Crippen molar-refractivity contribution in [2.24, 2.45) is 5.92 Å². The molecule has 0 amide bonds. The molecule has 0 aliphatic carbocycles. The van der Waals surface area contributed by atoms with Crippen LogP contribution in [0.3, 0.4) is 0 Å². The summed E-state index contributed by atoms with van der Waals surface area (Å²) < 4.78 is 39.7. The topological polar surface area (TPSA) is 63.6 Å². The predicted octanol–water partition coefficient (Wildman–Crippen LogP) is 3.16. The first-order valence-corrected chi connectivity index (χ1v) is 7.37. The van der Waals surface area contributed by atoms with E-state index in [9.17, 15) is 18.0 Å². The molecule has 0 spiro atoms. The largest absolute Gasteiger partial charge is 0.391 e. The lowest BCUT2D eigenvalue weighted by molar-refractivity contribution is -0.169. The van der Waals surface area contributed by atoms with Gasteiger partial charge in [-0.1, -0.05) is 25.1 Å². The zero-order valence-electron chi connectivity index (χ0n) is 13.1. The third-order valence-corrected chi connectivity index (χ3v) is 3.89. The van der Waals surface area contributed by atoms with Crippen molar-refractivity contribution in [2.45, 2.75) is 26.4 Å². The van der Waals surface area contributed by atoms with Gasteiger partial charge in [0.25, 0.3) is 5.56 Å². The summed E-state index contributed by atoms with van der Waals surface area (Å²) in [6.45, 7) is 2.94. The number of halogens is 3. The number of para-hydroxylation sites is 1. The molecule has 126 valence electrons. The number of alkyl halides is 3. The van der Waals surface area contributed by atoms with E-state index >= 15 is 0 Å². The molecule has 3 rings (SSSR count). The Morgan fingerprint density at radius 1 is 1.29 bits per heavy atom. The van der Waals surface area contributed by atoms with Crippen LogP contribution in [-0.2, 0) is 6.42 Å². The van der Waals surface area contributed by atoms with Crippen molar-refractivity contribution in [1.82, 2.24) is 19.7 Å². The standard InChI is InChI=1S/C16H15F3N4O/c1-9-5-3-4-6-12(9)23-14-11(8-20-23)15(24)22-13(21-14)7-10(2)16(17,18)19/h3-6,8,10H,7H2,1-2H3,(H,21,22,24). The Kier molecular flexibility index (Phi) is 3.90. The van der Waals surface area contributed by atoms with E-state index in [0.717, 1.165) is 18.2 Å². The maximum Gasteiger partial charge on any atom is 0.391 e. The van der Waals surface area contributed by atoms with E-state index in [1.807, 2.05) is 31.2 Å². The molecule has 1 aromatic carbocycles. The van der Waals surface area contributed by atoms with Gasteiger partial charge in [0.2, 0.25) is 0 Å². The quantitative estimate of drug-likeness (QED) is 0.799. The summed E-state index contributed by atoms with van der Waals surface area (Å²) in [5.41, 5.74) is 1.39. The van der Waals surface area contributed by atoms with Gasteiger partial charge in [0.1, 0.15) is 11.2 Å². The number of hydrogen-bond donors (Lipinski definition) is 1. The van der Waals surface area contributed by atoms with Crippen molar-refractivity contribution >= 4 is 11.0 Å². The van der Waals surface area contributed by atoms with E-state index in [0.29, 0.717) is 0 Å². The summed E-state index contributed by atoms with van der Waals surface area (Å²) in [7, 11) is 0. The molecule has 0 saturated heterocycles. The van der Waals surface area contributed by atoms with E-state index in [1.54, 1.807) is 0 Å². The normalized spacial score (nSPS) is 13.4. The number of nitrogens with zero attached hydrogens (tertiary/aromatic N) is 3. The summed E-state index contributed by atoms with van der Waals surface area (Å²) in [5.74, 6) is -1.61. The molecule has 0 bridgehead atoms. The molecule has 0 aliphatic heterocycles. The number of fused-ring (bicyclic) bond motifs is 1. The van der Waals surface area contributed by atoms with Crippen LogP contribution in [0.1, 0.15) is 18.3 Å². The minimum Gasteiger partial charge on any atom is -0.310 e. The van der Waals surface area contributed by atoms with E-state index in [1.165, 1.54) is 10.9 Å². The van der Waals surface area contributed by atoms with Crippen LogP contribution in [-0.4, -0.2) is 25.9 Å². The van der Waals surface area contributed by atoms with Crippen LogP contribution in [0.4, 0.5) is 13.2 Å². The molecule has 2 heterocycles. The Morgan fingerprint density at radius 3 is 2.67 bits per heavy atom. The van der Waals surface area contributed by atoms with Gasteiger partial charge in [0.05, 0.1) is 17.8 Å². The van der Waals surface area contributed by atoms with Gasteiger partial charge in [0.15, 0.2) is 5.65 Å². The number of H-pyrrole nitrogens is 1. The number of aromatic nitrogens is 4. The maximum absolute atomic E-state index is 12.7. The SMILES string of the molecule is Cc1ccccc1-n1ncc2c(=O)[nH]c(CC(C)C(F)(F)F)nc21. The van der Waals surface area contributed by atoms with Gasteiger partial charge >= 0.3 is 6.18 Å². The summed E-state index contributed by atoms with van der Waals surface area (Å²) in [6, 6.07) is 7.36. The molecule has 0 radical (unpaired) electrons. The first-order chi connectivity index (χ1) is 11.3. The minimum absolute atomic E-state index is 0.00680. The molecule has 8 heteroatoms. The smallest absolute Gasteiger partial charge is 0.310 e. The van der Waals surface area contributed by atoms with Gasteiger partial charge in [-0.2, -0.15) is 18.3 Å². The van der Waals surface area contributed by atoms with Crippen LogP contribution < -0.4 is 5.56 Å². The van der Waals surface area contributed by atoms with Gasteiger partial charge in [-0.25, -0.2) is 9.67 Å². The van der Waals surface area contributed by atoms with Gasteiger partial charge in [0, 0.05) is 6.42 Å². The monoisotopic (exact) mass is 336 g/mol. The van der Waals surface area contributed by atoms with Crippen molar-refractivity contribution in [3.8, 4) is 5.69 Å². The first kappa shape index (κ1) is 16.2. The van der Waals surface area contributed by atoms with Crippen LogP contribution in [0.15, 0.2) is 35.3 Å². The fourth-order valence-electron chi connectivity index (χ4n) is 2.44. The molecule has 0 saturated carbocycles. The molecule has 1 unspecified atom stereocenters. The third kappa shape index (κ3) is 2.91. The molecular weight excluding hydrogens is 321 g/mol. The highest BCUT2D eigenvalue weighted by molar-refractivity contribution is 5.75. The molecule has 5 nitrogen and oxygen atoms in total. The second-order valence-electron chi connectivity index (χ2n) is 5.74. The average Bonchev–Trinajstić information content (AvgIpc) is 2.91. The van der Waals surface area contributed by atoms with Crippen molar-refractivity contribution in [1.29, 1.82) is 0 Å². The van der Waals surface area contributed by atoms with Crippen molar-refractivity contribution in [3.63, 3.8) is 0 Å². The lowest BCUT2D eigenvalue weighted by atomic mass is 10.1. The molecule has 24 heavy (non-hydrogen) atoms. The minimum atomic E-state index is -4.34. The summed E-state index contributed by atoms with van der Waals surface area (Å²) >= 11 is 0. The Labute approximate surface area is 135 Å². The van der Waals surface area contributed by atoms with E-state index in [4.69, 9.17) is 0 Å². The highest BCUT2D eigenvalue weighted by atomic mass is 19.4. The number of aryl methyl sites for hydroxylation is 1. The molecule has 1 atom stereocenters. The summed E-state index contributed by atoms with van der Waals surface area (Å²) in [6.07, 6.45) is -3.37. The van der Waals surface area contributed by atoms with Gasteiger partial charge in [-0.15, -0.1) is 0 Å². The number of benzene rings is 1. The first-order valence-electron chi connectivity index (χ1n) is 7.37. The molecule has 2 aromatic heterocycles. The number of rotatable bonds is 3. The predicted molar refractivity (Wildman–Crippen MR) is 83.1 cm³/mol. The molecular formula is C16H15F3N4O. The molecule has 0 fully saturated rings. The molecule has 1 N–H and O–H groups in total. The van der Waals surface area contributed by atoms with Gasteiger partial charge < -0.3 is 4.98 Å². The fourth-order valence-corrected chi connectivity index (χ4v) is 2.44. The van der Waals surface area contributed by atoms with Crippen molar-refractivity contribution in [3.05, 3.63) is 52.2 Å². The zero-order chi connectivity index (χ0) is 17.5. The number of aromatic amines is 1. The van der Waals surface area contributed by atoms with Crippen molar-refractivity contribution in [2.75, 3.05) is 0 Å². The molecule has 0 aliphatic rings. The summed E-state index contributed by atoms with van der Waals surface area (Å²) in [4.78, 5) is 18.8. The van der Waals surface area contributed by atoms with Crippen LogP contribution >= 0.6 is 0 Å². The third-order valence-electron chi connectivity index (χ3n) is 3.89. The van der Waals surface area contributed by atoms with Crippen LogP contribution in [0, 0.1) is 12.8 Å². The van der Waals surface area contributed by atoms with Crippen molar-refractivity contribution < 1.29 is 13.2 Å². The van der Waals surface area contributed by atoms with Crippen LogP contribution in [0.2, 0.25) is 0 Å².